The molecule has 2 saturated heterocycles. The molecule has 1 saturated carbocycles. The van der Waals surface area contributed by atoms with E-state index in [0.717, 1.165) is 55.8 Å². The molecule has 5 amide bonds. The number of aromatic nitrogens is 4. The third-order valence-electron chi connectivity index (χ3n) is 11.4. The van der Waals surface area contributed by atoms with Crippen LogP contribution in [0.25, 0.3) is 0 Å². The number of benzene rings is 1. The van der Waals surface area contributed by atoms with Crippen molar-refractivity contribution in [3.63, 3.8) is 0 Å². The van der Waals surface area contributed by atoms with E-state index >= 15 is 0 Å². The third-order valence-corrected chi connectivity index (χ3v) is 11.4. The maximum atomic E-state index is 13.1. The molecular weight excluding hydrogens is 757 g/mol. The van der Waals surface area contributed by atoms with Gasteiger partial charge in [0.05, 0.1) is 35.3 Å². The van der Waals surface area contributed by atoms with Gasteiger partial charge in [0.1, 0.15) is 17.4 Å². The minimum Gasteiger partial charge on any atom is -0.462 e. The van der Waals surface area contributed by atoms with Gasteiger partial charge >= 0.3 is 5.97 Å². The first-order chi connectivity index (χ1) is 28.5. The molecule has 1 aromatic carbocycles. The van der Waals surface area contributed by atoms with Crippen LogP contribution in [0.4, 0.5) is 17.5 Å². The van der Waals surface area contributed by atoms with Gasteiger partial charge in [-0.2, -0.15) is 10.1 Å². The second kappa shape index (κ2) is 18.2. The molecule has 17 nitrogen and oxygen atoms in total. The maximum Gasteiger partial charge on any atom is 0.343 e. The Hall–Kier alpha value is -6.15. The number of fused-ring (bicyclic) bond motifs is 1. The molecule has 7 rings (SSSR count). The number of aryl methyl sites for hydroxylation is 2. The highest BCUT2D eigenvalue weighted by Crippen LogP contribution is 2.30. The van der Waals surface area contributed by atoms with Gasteiger partial charge in [0.25, 0.3) is 11.8 Å². The Morgan fingerprint density at radius 1 is 0.966 bits per heavy atom. The number of nitrogens with one attached hydrogen (secondary N) is 3. The molecule has 3 fully saturated rings. The smallest absolute Gasteiger partial charge is 0.343 e. The maximum absolute atomic E-state index is 13.1. The second-order valence-corrected chi connectivity index (χ2v) is 15.4. The molecule has 3 aromatic rings. The quantitative estimate of drug-likeness (QED) is 0.104. The standard InChI is InChI=1S/C42H50N10O7/c1-4-59-41(58)36-26(2)44-42(46-29-24-43-49(3)25-29)48-37(36)45-28-12-14-30(15-13-28)50-19-21-51(22-20-50)35(54)10-8-6-5-7-9-27-11-16-31-32(23-27)40(57)52(39(31)56)33-17-18-34(53)47-38(33)55/h11,16,23-25,28,30,33H,4-6,8,10,12-15,17-22H2,1-3H3,(H,47,53,55)(H2,44,45,46,48). The number of anilines is 3. The van der Waals surface area contributed by atoms with E-state index in [2.05, 4.69) is 47.8 Å². The lowest BCUT2D eigenvalue weighted by atomic mass is 9.89. The predicted octanol–water partition coefficient (Wildman–Crippen LogP) is 3.32. The van der Waals surface area contributed by atoms with Gasteiger partial charge < -0.3 is 20.3 Å². The highest BCUT2D eigenvalue weighted by molar-refractivity contribution is 6.23. The van der Waals surface area contributed by atoms with Crippen LogP contribution in [-0.2, 0) is 26.2 Å². The Labute approximate surface area is 342 Å². The number of unbranched alkanes of at least 4 members (excludes halogenated alkanes) is 2. The summed E-state index contributed by atoms with van der Waals surface area (Å²) in [5, 5.41) is 13.1. The van der Waals surface area contributed by atoms with Crippen molar-refractivity contribution >= 4 is 53.0 Å². The zero-order valence-electron chi connectivity index (χ0n) is 33.7. The third kappa shape index (κ3) is 9.44. The van der Waals surface area contributed by atoms with Crippen molar-refractivity contribution in [3.8, 4) is 11.8 Å². The first-order valence-corrected chi connectivity index (χ1v) is 20.4. The summed E-state index contributed by atoms with van der Waals surface area (Å²) in [4.78, 5) is 90.5. The fourth-order valence-corrected chi connectivity index (χ4v) is 8.27. The van der Waals surface area contributed by atoms with Gasteiger partial charge in [0.2, 0.25) is 23.7 Å². The Balaban J connectivity index is 0.827. The number of piperazine rings is 1. The Morgan fingerprint density at radius 2 is 1.73 bits per heavy atom. The molecular formula is C42H50N10O7. The minimum absolute atomic E-state index is 0.0638. The summed E-state index contributed by atoms with van der Waals surface area (Å²) >= 11 is 0. The van der Waals surface area contributed by atoms with Crippen LogP contribution >= 0.6 is 0 Å². The zero-order valence-corrected chi connectivity index (χ0v) is 33.7. The van der Waals surface area contributed by atoms with Gasteiger partial charge in [0, 0.05) is 76.3 Å². The number of nitrogens with zero attached hydrogens (tertiary/aromatic N) is 7. The van der Waals surface area contributed by atoms with Gasteiger partial charge in [-0.15, -0.1) is 0 Å². The Morgan fingerprint density at radius 3 is 2.44 bits per heavy atom. The number of rotatable bonds is 12. The Bertz CT molecular complexity index is 2190. The molecule has 5 heterocycles. The fraction of sp³-hybridized carbons (Fsp3) is 0.500. The van der Waals surface area contributed by atoms with Crippen LogP contribution < -0.4 is 16.0 Å². The molecule has 17 heteroatoms. The van der Waals surface area contributed by atoms with Crippen molar-refractivity contribution in [2.45, 2.75) is 96.2 Å². The van der Waals surface area contributed by atoms with Crippen LogP contribution in [-0.4, -0.2) is 121 Å². The van der Waals surface area contributed by atoms with Crippen LogP contribution in [0.1, 0.15) is 113 Å². The van der Waals surface area contributed by atoms with E-state index in [4.69, 9.17) is 4.74 Å². The highest BCUT2D eigenvalue weighted by Gasteiger charge is 2.44. The van der Waals surface area contributed by atoms with Crippen LogP contribution in [0.3, 0.4) is 0 Å². The molecule has 0 bridgehead atoms. The zero-order chi connectivity index (χ0) is 41.6. The van der Waals surface area contributed by atoms with Gasteiger partial charge in [-0.3, -0.25) is 43.8 Å². The molecule has 310 valence electrons. The van der Waals surface area contributed by atoms with Gasteiger partial charge in [-0.05, 0) is 77.0 Å². The molecule has 1 unspecified atom stereocenters. The van der Waals surface area contributed by atoms with Crippen molar-refractivity contribution in [1.82, 2.24) is 39.8 Å². The summed E-state index contributed by atoms with van der Waals surface area (Å²) in [5.41, 5.74) is 2.61. The average molecular weight is 807 g/mol. The molecule has 3 aliphatic heterocycles. The van der Waals surface area contributed by atoms with Crippen LogP contribution in [0, 0.1) is 18.8 Å². The minimum atomic E-state index is -1.01. The average Bonchev–Trinajstić information content (AvgIpc) is 3.74. The van der Waals surface area contributed by atoms with Crippen LogP contribution in [0.2, 0.25) is 0 Å². The largest absolute Gasteiger partial charge is 0.462 e. The molecule has 1 aliphatic carbocycles. The van der Waals surface area contributed by atoms with Crippen LogP contribution in [0.5, 0.6) is 0 Å². The van der Waals surface area contributed by atoms with Crippen molar-refractivity contribution in [3.05, 3.63) is 58.5 Å². The number of imide groups is 2. The lowest BCUT2D eigenvalue weighted by Crippen LogP contribution is -2.54. The van der Waals surface area contributed by atoms with E-state index in [1.807, 2.05) is 18.1 Å². The fourth-order valence-electron chi connectivity index (χ4n) is 8.27. The van der Waals surface area contributed by atoms with E-state index in [9.17, 15) is 28.8 Å². The number of carbonyl (C=O) groups is 6. The first kappa shape index (κ1) is 41.0. The van der Waals surface area contributed by atoms with Crippen molar-refractivity contribution < 1.29 is 33.5 Å². The SMILES string of the molecule is CCOC(=O)c1c(C)nc(Nc2cnn(C)c2)nc1NC1CCC(N2CCN(C(=O)CCCCC#Cc3ccc4c(c3)C(=O)N(C3CCC(=O)NC3=O)C4=O)CC2)CC1. The monoisotopic (exact) mass is 806 g/mol. The summed E-state index contributed by atoms with van der Waals surface area (Å²) < 4.78 is 7.03. The van der Waals surface area contributed by atoms with Crippen molar-refractivity contribution in [2.24, 2.45) is 7.05 Å². The summed E-state index contributed by atoms with van der Waals surface area (Å²) in [6.45, 7) is 6.88. The van der Waals surface area contributed by atoms with E-state index in [1.165, 1.54) is 0 Å². The highest BCUT2D eigenvalue weighted by atomic mass is 16.5. The molecule has 4 aliphatic rings. The predicted molar refractivity (Wildman–Crippen MR) is 215 cm³/mol. The lowest BCUT2D eigenvalue weighted by Gasteiger charge is -2.42. The summed E-state index contributed by atoms with van der Waals surface area (Å²) in [7, 11) is 1.83. The van der Waals surface area contributed by atoms with Crippen LogP contribution in [0.15, 0.2) is 30.6 Å². The molecule has 59 heavy (non-hydrogen) atoms. The number of hydrogen-bond donors (Lipinski definition) is 3. The number of hydrogen-bond acceptors (Lipinski definition) is 13. The topological polar surface area (TPSA) is 201 Å². The molecule has 0 radical (unpaired) electrons. The van der Waals surface area contributed by atoms with Gasteiger partial charge in [-0.1, -0.05) is 11.8 Å². The number of amides is 5. The molecule has 1 atom stereocenters. The van der Waals surface area contributed by atoms with E-state index < -0.39 is 35.6 Å². The van der Waals surface area contributed by atoms with E-state index in [0.29, 0.717) is 67.0 Å². The second-order valence-electron chi connectivity index (χ2n) is 15.4. The van der Waals surface area contributed by atoms with Crippen molar-refractivity contribution in [1.29, 1.82) is 0 Å². The van der Waals surface area contributed by atoms with Gasteiger partial charge in [0.15, 0.2) is 0 Å². The molecule has 2 aromatic heterocycles. The molecule has 0 spiro atoms. The number of carbonyl (C=O) groups excluding carboxylic acids is 6. The summed E-state index contributed by atoms with van der Waals surface area (Å²) in [5.74, 6) is 4.53. The summed E-state index contributed by atoms with van der Waals surface area (Å²) in [6, 6.07) is 4.36. The van der Waals surface area contributed by atoms with E-state index in [-0.39, 0.29) is 42.5 Å². The van der Waals surface area contributed by atoms with Crippen molar-refractivity contribution in [2.75, 3.05) is 43.4 Å². The lowest BCUT2D eigenvalue weighted by molar-refractivity contribution is -0.136. The van der Waals surface area contributed by atoms with E-state index in [1.54, 1.807) is 42.9 Å². The number of ether oxygens (including phenoxy) is 1. The normalized spacial score (nSPS) is 20.8. The summed E-state index contributed by atoms with van der Waals surface area (Å²) in [6.07, 6.45) is 9.98. The molecule has 3 N–H and O–H groups in total. The number of esters is 1. The van der Waals surface area contributed by atoms with Gasteiger partial charge in [-0.25, -0.2) is 9.78 Å². The first-order valence-electron chi connectivity index (χ1n) is 20.4. The number of piperidine rings is 1. The Kier molecular flexibility index (Phi) is 12.6.